The van der Waals surface area contributed by atoms with E-state index in [4.69, 9.17) is 9.26 Å². The fourth-order valence-corrected chi connectivity index (χ4v) is 3.65. The van der Waals surface area contributed by atoms with E-state index in [1.165, 1.54) is 6.20 Å². The van der Waals surface area contributed by atoms with E-state index in [1.807, 2.05) is 37.3 Å². The molecule has 1 fully saturated rings. The number of esters is 1. The van der Waals surface area contributed by atoms with Crippen LogP contribution in [0.4, 0.5) is 5.82 Å². The van der Waals surface area contributed by atoms with Crippen molar-refractivity contribution in [2.24, 2.45) is 0 Å². The molecule has 3 heterocycles. The highest BCUT2D eigenvalue weighted by atomic mass is 16.5. The molecule has 1 aliphatic heterocycles. The summed E-state index contributed by atoms with van der Waals surface area (Å²) in [6.07, 6.45) is 2.33. The Balaban J connectivity index is 1.39. The van der Waals surface area contributed by atoms with E-state index in [0.717, 1.165) is 29.9 Å². The van der Waals surface area contributed by atoms with Gasteiger partial charge in [0.2, 0.25) is 5.76 Å². The van der Waals surface area contributed by atoms with Gasteiger partial charge in [0.25, 0.3) is 5.91 Å². The lowest BCUT2D eigenvalue weighted by Gasteiger charge is -2.22. The van der Waals surface area contributed by atoms with Gasteiger partial charge in [-0.25, -0.2) is 9.78 Å². The fraction of sp³-hybridized carbons (Fsp3) is 0.333. The number of ether oxygens (including phenoxy) is 1. The lowest BCUT2D eigenvalue weighted by atomic mass is 10.1. The van der Waals surface area contributed by atoms with E-state index in [1.54, 1.807) is 24.0 Å². The molecule has 3 aromatic rings. The summed E-state index contributed by atoms with van der Waals surface area (Å²) in [5.74, 6) is 0.471. The van der Waals surface area contributed by atoms with Crippen molar-refractivity contribution in [2.75, 3.05) is 37.7 Å². The van der Waals surface area contributed by atoms with Crippen molar-refractivity contribution >= 4 is 17.7 Å². The first-order valence-electron chi connectivity index (χ1n) is 10.8. The van der Waals surface area contributed by atoms with Crippen LogP contribution in [0.5, 0.6) is 0 Å². The summed E-state index contributed by atoms with van der Waals surface area (Å²) in [5.41, 5.74) is 3.15. The Kier molecular flexibility index (Phi) is 6.49. The van der Waals surface area contributed by atoms with Gasteiger partial charge >= 0.3 is 5.97 Å². The van der Waals surface area contributed by atoms with Gasteiger partial charge in [-0.15, -0.1) is 0 Å². The molecule has 0 saturated carbocycles. The summed E-state index contributed by atoms with van der Waals surface area (Å²) in [7, 11) is 0. The molecule has 0 bridgehead atoms. The van der Waals surface area contributed by atoms with Gasteiger partial charge in [-0.3, -0.25) is 4.79 Å². The van der Waals surface area contributed by atoms with Crippen LogP contribution in [0, 0.1) is 6.92 Å². The Morgan fingerprint density at radius 1 is 1.06 bits per heavy atom. The maximum Gasteiger partial charge on any atom is 0.339 e. The number of carbonyl (C=O) groups is 2. The van der Waals surface area contributed by atoms with Gasteiger partial charge in [0.05, 0.1) is 12.2 Å². The molecule has 1 aliphatic rings. The quantitative estimate of drug-likeness (QED) is 0.567. The van der Waals surface area contributed by atoms with Crippen molar-refractivity contribution in [3.05, 3.63) is 65.5 Å². The van der Waals surface area contributed by atoms with E-state index in [-0.39, 0.29) is 17.6 Å². The highest BCUT2D eigenvalue weighted by molar-refractivity contribution is 5.92. The van der Waals surface area contributed by atoms with Crippen LogP contribution in [0.1, 0.15) is 39.8 Å². The second-order valence-electron chi connectivity index (χ2n) is 7.70. The first-order valence-corrected chi connectivity index (χ1v) is 10.8. The Bertz CT molecular complexity index is 1080. The number of amides is 1. The summed E-state index contributed by atoms with van der Waals surface area (Å²) < 4.78 is 10.4. The molecule has 32 heavy (non-hydrogen) atoms. The molecule has 0 radical (unpaired) electrons. The molecule has 1 aromatic carbocycles. The SMILES string of the molecule is CCOC(=O)c1ccc(N2CCCN(C(=O)c3cc(-c4ccc(C)cc4)no3)CC2)nc1. The number of pyridine rings is 1. The zero-order valence-electron chi connectivity index (χ0n) is 18.3. The molecule has 8 heteroatoms. The molecule has 0 unspecified atom stereocenters. The van der Waals surface area contributed by atoms with Crippen LogP contribution in [-0.2, 0) is 4.74 Å². The maximum atomic E-state index is 13.0. The molecule has 0 aliphatic carbocycles. The van der Waals surface area contributed by atoms with Crippen LogP contribution >= 0.6 is 0 Å². The standard InChI is InChI=1S/C24H26N4O4/c1-3-31-24(30)19-9-10-22(25-16-19)27-11-4-12-28(14-13-27)23(29)21-15-20(26-32-21)18-7-5-17(2)6-8-18/h5-10,15-16H,3-4,11-14H2,1-2H3. The van der Waals surface area contributed by atoms with Crippen molar-refractivity contribution in [3.8, 4) is 11.3 Å². The summed E-state index contributed by atoms with van der Waals surface area (Å²) in [6.45, 7) is 6.68. The minimum Gasteiger partial charge on any atom is -0.462 e. The fourth-order valence-electron chi connectivity index (χ4n) is 3.65. The first kappa shape index (κ1) is 21.5. The molecular formula is C24H26N4O4. The highest BCUT2D eigenvalue weighted by Gasteiger charge is 2.24. The van der Waals surface area contributed by atoms with Gasteiger partial charge in [0, 0.05) is 44.0 Å². The predicted octanol–water partition coefficient (Wildman–Crippen LogP) is 3.57. The van der Waals surface area contributed by atoms with Crippen LogP contribution in [-0.4, -0.2) is 59.7 Å². The molecule has 4 rings (SSSR count). The van der Waals surface area contributed by atoms with Crippen molar-refractivity contribution in [1.82, 2.24) is 15.0 Å². The monoisotopic (exact) mass is 434 g/mol. The van der Waals surface area contributed by atoms with Gasteiger partial charge in [-0.05, 0) is 32.4 Å². The zero-order chi connectivity index (χ0) is 22.5. The molecule has 8 nitrogen and oxygen atoms in total. The number of carbonyl (C=O) groups excluding carboxylic acids is 2. The molecule has 0 spiro atoms. The largest absolute Gasteiger partial charge is 0.462 e. The normalized spacial score (nSPS) is 14.2. The molecule has 0 atom stereocenters. The lowest BCUT2D eigenvalue weighted by Crippen LogP contribution is -2.35. The number of hydrogen-bond acceptors (Lipinski definition) is 7. The summed E-state index contributed by atoms with van der Waals surface area (Å²) in [4.78, 5) is 33.1. The zero-order valence-corrected chi connectivity index (χ0v) is 18.3. The minimum absolute atomic E-state index is 0.164. The molecule has 1 saturated heterocycles. The van der Waals surface area contributed by atoms with E-state index in [0.29, 0.717) is 37.5 Å². The topological polar surface area (TPSA) is 88.8 Å². The van der Waals surface area contributed by atoms with Crippen LogP contribution < -0.4 is 4.90 Å². The maximum absolute atomic E-state index is 13.0. The van der Waals surface area contributed by atoms with E-state index < -0.39 is 0 Å². The third-order valence-electron chi connectivity index (χ3n) is 5.43. The van der Waals surface area contributed by atoms with Gasteiger partial charge < -0.3 is 19.1 Å². The lowest BCUT2D eigenvalue weighted by molar-refractivity contribution is 0.0525. The second-order valence-corrected chi connectivity index (χ2v) is 7.70. The first-order chi connectivity index (χ1) is 15.5. The van der Waals surface area contributed by atoms with E-state index >= 15 is 0 Å². The van der Waals surface area contributed by atoms with Crippen LogP contribution in [0.3, 0.4) is 0 Å². The average Bonchev–Trinajstić information content (AvgIpc) is 3.17. The number of rotatable bonds is 5. The van der Waals surface area contributed by atoms with Crippen molar-refractivity contribution in [2.45, 2.75) is 20.3 Å². The third kappa shape index (κ3) is 4.80. The number of nitrogens with zero attached hydrogens (tertiary/aromatic N) is 4. The van der Waals surface area contributed by atoms with Crippen molar-refractivity contribution in [1.29, 1.82) is 0 Å². The predicted molar refractivity (Wildman–Crippen MR) is 120 cm³/mol. The average molecular weight is 434 g/mol. The number of aromatic nitrogens is 2. The Hall–Kier alpha value is -3.68. The third-order valence-corrected chi connectivity index (χ3v) is 5.43. The van der Waals surface area contributed by atoms with Gasteiger partial charge in [-0.1, -0.05) is 35.0 Å². The number of hydrogen-bond donors (Lipinski definition) is 0. The smallest absolute Gasteiger partial charge is 0.339 e. The van der Waals surface area contributed by atoms with Gasteiger partial charge in [0.15, 0.2) is 0 Å². The Morgan fingerprint density at radius 3 is 2.59 bits per heavy atom. The molecule has 2 aromatic heterocycles. The Morgan fingerprint density at radius 2 is 1.88 bits per heavy atom. The second kappa shape index (κ2) is 9.64. The minimum atomic E-state index is -0.378. The van der Waals surface area contributed by atoms with Crippen molar-refractivity contribution < 1.29 is 18.8 Å². The van der Waals surface area contributed by atoms with Crippen LogP contribution in [0.25, 0.3) is 11.3 Å². The van der Waals surface area contributed by atoms with Gasteiger partial charge in [-0.2, -0.15) is 0 Å². The number of aryl methyl sites for hydroxylation is 1. The summed E-state index contributed by atoms with van der Waals surface area (Å²) >= 11 is 0. The van der Waals surface area contributed by atoms with Gasteiger partial charge in [0.1, 0.15) is 11.5 Å². The molecule has 166 valence electrons. The van der Waals surface area contributed by atoms with Crippen LogP contribution in [0.15, 0.2) is 53.2 Å². The van der Waals surface area contributed by atoms with Crippen molar-refractivity contribution in [3.63, 3.8) is 0 Å². The van der Waals surface area contributed by atoms with E-state index in [9.17, 15) is 9.59 Å². The van der Waals surface area contributed by atoms with E-state index in [2.05, 4.69) is 15.0 Å². The van der Waals surface area contributed by atoms with Crippen LogP contribution in [0.2, 0.25) is 0 Å². The number of benzene rings is 1. The number of anilines is 1. The Labute approximate surface area is 186 Å². The highest BCUT2D eigenvalue weighted by Crippen LogP contribution is 2.21. The molecule has 1 amide bonds. The summed E-state index contributed by atoms with van der Waals surface area (Å²) in [5, 5.41) is 4.07. The molecule has 0 N–H and O–H groups in total. The molecular weight excluding hydrogens is 408 g/mol. The summed E-state index contributed by atoms with van der Waals surface area (Å²) in [6, 6.07) is 13.2.